The average Bonchev–Trinajstić information content (AvgIpc) is 3.25. The fraction of sp³-hybridized carbons (Fsp3) is 0.400. The predicted octanol–water partition coefficient (Wildman–Crippen LogP) is 4.95. The zero-order chi connectivity index (χ0) is 23.4. The Morgan fingerprint density at radius 2 is 1.82 bits per heavy atom. The van der Waals surface area contributed by atoms with Crippen molar-refractivity contribution in [2.45, 2.75) is 32.2 Å². The average molecular weight is 488 g/mol. The quantitative estimate of drug-likeness (QED) is 0.540. The number of esters is 1. The molecule has 0 spiro atoms. The van der Waals surface area contributed by atoms with Crippen LogP contribution in [0.1, 0.15) is 43.4 Å². The Balaban J connectivity index is 1.56. The molecule has 0 saturated carbocycles. The number of halogens is 2. The van der Waals surface area contributed by atoms with Crippen molar-refractivity contribution >= 4 is 40.8 Å². The topological polar surface area (TPSA) is 62.2 Å². The number of carbonyl (C=O) groups excluding carboxylic acids is 2. The van der Waals surface area contributed by atoms with Gasteiger partial charge in [0.1, 0.15) is 0 Å². The molecule has 6 nitrogen and oxygen atoms in total. The van der Waals surface area contributed by atoms with Crippen LogP contribution in [0.4, 0.5) is 0 Å². The van der Waals surface area contributed by atoms with Crippen LogP contribution in [-0.2, 0) is 14.3 Å². The lowest BCUT2D eigenvalue weighted by molar-refractivity contribution is -0.150. The third-order valence-corrected chi connectivity index (χ3v) is 6.77. The maximum Gasteiger partial charge on any atom is 0.310 e. The fourth-order valence-electron chi connectivity index (χ4n) is 4.50. The minimum Gasteiger partial charge on any atom is -0.466 e. The van der Waals surface area contributed by atoms with Gasteiger partial charge in [0.25, 0.3) is 5.91 Å². The smallest absolute Gasteiger partial charge is 0.310 e. The Morgan fingerprint density at radius 1 is 1.09 bits per heavy atom. The zero-order valence-corrected chi connectivity index (χ0v) is 20.1. The lowest BCUT2D eigenvalue weighted by Gasteiger charge is -2.32. The summed E-state index contributed by atoms with van der Waals surface area (Å²) < 4.78 is 5.19. The molecule has 2 atom stereocenters. The second kappa shape index (κ2) is 10.7. The number of carbonyl (C=O) groups is 2. The van der Waals surface area contributed by atoms with Crippen LogP contribution in [0, 0.1) is 5.92 Å². The highest BCUT2D eigenvalue weighted by Crippen LogP contribution is 2.37. The molecular formula is C25H27Cl2N3O3. The van der Waals surface area contributed by atoms with Gasteiger partial charge in [-0.25, -0.2) is 5.01 Å². The molecule has 0 N–H and O–H groups in total. The highest BCUT2D eigenvalue weighted by Gasteiger charge is 2.36. The maximum atomic E-state index is 13.5. The first kappa shape index (κ1) is 23.7. The molecule has 2 aliphatic rings. The Morgan fingerprint density at radius 3 is 2.55 bits per heavy atom. The van der Waals surface area contributed by atoms with E-state index in [9.17, 15) is 9.59 Å². The van der Waals surface area contributed by atoms with Gasteiger partial charge in [-0.3, -0.25) is 14.5 Å². The van der Waals surface area contributed by atoms with Crippen molar-refractivity contribution in [3.05, 3.63) is 69.7 Å². The van der Waals surface area contributed by atoms with Crippen molar-refractivity contribution < 1.29 is 14.3 Å². The summed E-state index contributed by atoms with van der Waals surface area (Å²) in [5, 5.41) is 7.43. The van der Waals surface area contributed by atoms with Gasteiger partial charge in [0, 0.05) is 28.6 Å². The number of nitrogens with zero attached hydrogens (tertiary/aromatic N) is 3. The molecule has 0 radical (unpaired) electrons. The second-order valence-corrected chi connectivity index (χ2v) is 9.15. The van der Waals surface area contributed by atoms with E-state index in [0.29, 0.717) is 29.6 Å². The Hall–Kier alpha value is -2.41. The molecule has 2 aliphatic heterocycles. The molecule has 2 aromatic carbocycles. The number of likely N-dealkylation sites (tertiary alicyclic amines) is 1. The van der Waals surface area contributed by atoms with Crippen LogP contribution in [0.15, 0.2) is 53.6 Å². The summed E-state index contributed by atoms with van der Waals surface area (Å²) in [6, 6.07) is 14.7. The van der Waals surface area contributed by atoms with Gasteiger partial charge in [-0.2, -0.15) is 5.10 Å². The first-order valence-corrected chi connectivity index (χ1v) is 12.0. The highest BCUT2D eigenvalue weighted by atomic mass is 35.5. The van der Waals surface area contributed by atoms with Crippen molar-refractivity contribution in [3.63, 3.8) is 0 Å². The van der Waals surface area contributed by atoms with E-state index in [4.69, 9.17) is 33.0 Å². The van der Waals surface area contributed by atoms with Crippen LogP contribution in [0.25, 0.3) is 0 Å². The summed E-state index contributed by atoms with van der Waals surface area (Å²) >= 11 is 12.9. The molecule has 4 rings (SSSR count). The van der Waals surface area contributed by atoms with Crippen molar-refractivity contribution in [2.24, 2.45) is 11.0 Å². The summed E-state index contributed by atoms with van der Waals surface area (Å²) in [7, 11) is 0. The number of piperidine rings is 1. The molecule has 0 aromatic heterocycles. The highest BCUT2D eigenvalue weighted by molar-refractivity contribution is 6.34. The van der Waals surface area contributed by atoms with Crippen LogP contribution in [-0.4, -0.2) is 53.7 Å². The van der Waals surface area contributed by atoms with Crippen LogP contribution < -0.4 is 0 Å². The predicted molar refractivity (Wildman–Crippen MR) is 129 cm³/mol. The summed E-state index contributed by atoms with van der Waals surface area (Å²) in [6.45, 7) is 3.61. The molecule has 8 heteroatoms. The summed E-state index contributed by atoms with van der Waals surface area (Å²) in [5.74, 6) is -0.526. The van der Waals surface area contributed by atoms with E-state index in [2.05, 4.69) is 0 Å². The lowest BCUT2D eigenvalue weighted by Crippen LogP contribution is -2.44. The van der Waals surface area contributed by atoms with Gasteiger partial charge in [0.05, 0.1) is 30.8 Å². The number of hydrazone groups is 1. The first-order chi connectivity index (χ1) is 16.0. The number of ether oxygens (including phenoxy) is 1. The van der Waals surface area contributed by atoms with Crippen molar-refractivity contribution in [2.75, 3.05) is 26.2 Å². The van der Waals surface area contributed by atoms with E-state index in [-0.39, 0.29) is 30.4 Å². The van der Waals surface area contributed by atoms with Gasteiger partial charge in [0.2, 0.25) is 0 Å². The van der Waals surface area contributed by atoms with Gasteiger partial charge in [0.15, 0.2) is 0 Å². The molecule has 2 heterocycles. The number of amides is 1. The van der Waals surface area contributed by atoms with Gasteiger partial charge in [-0.15, -0.1) is 0 Å². The zero-order valence-electron chi connectivity index (χ0n) is 18.5. The molecule has 174 valence electrons. The van der Waals surface area contributed by atoms with Crippen molar-refractivity contribution in [1.82, 2.24) is 9.91 Å². The molecule has 1 amide bonds. The number of benzene rings is 2. The monoisotopic (exact) mass is 487 g/mol. The number of hydrogen-bond donors (Lipinski definition) is 0. The number of rotatable bonds is 6. The molecule has 2 aromatic rings. The summed E-state index contributed by atoms with van der Waals surface area (Å²) in [5.41, 5.74) is 2.41. The van der Waals surface area contributed by atoms with Crippen molar-refractivity contribution in [1.29, 1.82) is 0 Å². The van der Waals surface area contributed by atoms with Crippen LogP contribution >= 0.6 is 23.2 Å². The molecule has 0 unspecified atom stereocenters. The summed E-state index contributed by atoms with van der Waals surface area (Å²) in [4.78, 5) is 27.7. The minimum absolute atomic E-state index is 0.133. The maximum absolute atomic E-state index is 13.5. The van der Waals surface area contributed by atoms with Crippen LogP contribution in [0.5, 0.6) is 0 Å². The standard InChI is InChI=1S/C25H27Cl2N3O3/c1-2-33-25(32)17-8-7-13-29(15-17)16-24(31)30-23(19-10-4-6-12-21(19)27)14-22(28-30)18-9-3-5-11-20(18)26/h3-6,9-12,17,23H,2,7-8,13-16H2,1H3/t17-,23+/m0/s1. The first-order valence-electron chi connectivity index (χ1n) is 11.3. The van der Waals surface area contributed by atoms with E-state index in [1.54, 1.807) is 6.92 Å². The van der Waals surface area contributed by atoms with Crippen LogP contribution in [0.2, 0.25) is 10.0 Å². The van der Waals surface area contributed by atoms with E-state index < -0.39 is 0 Å². The van der Waals surface area contributed by atoms with Gasteiger partial charge in [-0.1, -0.05) is 59.6 Å². The lowest BCUT2D eigenvalue weighted by atomic mass is 9.97. The molecule has 0 bridgehead atoms. The molecule has 0 aliphatic carbocycles. The molecule has 33 heavy (non-hydrogen) atoms. The fourth-order valence-corrected chi connectivity index (χ4v) is 5.01. The SMILES string of the molecule is CCOC(=O)[C@H]1CCCN(CC(=O)N2N=C(c3ccccc3Cl)C[C@@H]2c2ccccc2Cl)C1. The molecular weight excluding hydrogens is 461 g/mol. The Labute approximate surface area is 204 Å². The number of hydrogen-bond acceptors (Lipinski definition) is 5. The van der Waals surface area contributed by atoms with Crippen molar-refractivity contribution in [3.8, 4) is 0 Å². The van der Waals surface area contributed by atoms with E-state index in [1.807, 2.05) is 53.4 Å². The van der Waals surface area contributed by atoms with E-state index in [1.165, 1.54) is 5.01 Å². The van der Waals surface area contributed by atoms with E-state index >= 15 is 0 Å². The van der Waals surface area contributed by atoms with E-state index in [0.717, 1.165) is 36.2 Å². The normalized spacial score (nSPS) is 21.1. The Kier molecular flexibility index (Phi) is 7.68. The molecule has 1 fully saturated rings. The minimum atomic E-state index is -0.317. The van der Waals surface area contributed by atoms with Gasteiger partial charge < -0.3 is 4.74 Å². The molecule has 1 saturated heterocycles. The third kappa shape index (κ3) is 5.40. The third-order valence-electron chi connectivity index (χ3n) is 6.10. The van der Waals surface area contributed by atoms with Crippen LogP contribution in [0.3, 0.4) is 0 Å². The van der Waals surface area contributed by atoms with Gasteiger partial charge >= 0.3 is 5.97 Å². The largest absolute Gasteiger partial charge is 0.466 e. The Bertz CT molecular complexity index is 1060. The van der Waals surface area contributed by atoms with Gasteiger partial charge in [-0.05, 0) is 44.0 Å². The second-order valence-electron chi connectivity index (χ2n) is 8.33. The summed E-state index contributed by atoms with van der Waals surface area (Å²) in [6.07, 6.45) is 2.15.